The van der Waals surface area contributed by atoms with E-state index in [1.807, 2.05) is 6.92 Å². The third-order valence-corrected chi connectivity index (χ3v) is 2.30. The Balaban J connectivity index is 3.10. The molecule has 0 amide bonds. The van der Waals surface area contributed by atoms with Gasteiger partial charge < -0.3 is 9.47 Å². The van der Waals surface area contributed by atoms with Gasteiger partial charge in [0.05, 0.1) is 25.7 Å². The SMILES string of the molecule is CCOC(=O)Cc1cc(C)cc(OC)c1C#N. The number of hydrogen-bond acceptors (Lipinski definition) is 4. The van der Waals surface area contributed by atoms with Gasteiger partial charge >= 0.3 is 5.97 Å². The van der Waals surface area contributed by atoms with Crippen LogP contribution in [0.5, 0.6) is 5.75 Å². The fraction of sp³-hybridized carbons (Fsp3) is 0.385. The Hall–Kier alpha value is -2.02. The summed E-state index contributed by atoms with van der Waals surface area (Å²) in [5.74, 6) is 0.156. The normalized spacial score (nSPS) is 9.53. The van der Waals surface area contributed by atoms with Crippen molar-refractivity contribution in [1.29, 1.82) is 5.26 Å². The van der Waals surface area contributed by atoms with Crippen molar-refractivity contribution in [2.24, 2.45) is 0 Å². The molecule has 1 aromatic rings. The summed E-state index contributed by atoms with van der Waals surface area (Å²) in [6.07, 6.45) is 0.0920. The molecule has 0 aliphatic carbocycles. The maximum Gasteiger partial charge on any atom is 0.310 e. The zero-order valence-corrected chi connectivity index (χ0v) is 10.2. The molecule has 0 fully saturated rings. The highest BCUT2D eigenvalue weighted by Gasteiger charge is 2.13. The summed E-state index contributed by atoms with van der Waals surface area (Å²) in [6.45, 7) is 3.97. The number of aryl methyl sites for hydroxylation is 1. The summed E-state index contributed by atoms with van der Waals surface area (Å²) in [5.41, 5.74) is 1.98. The molecule has 0 N–H and O–H groups in total. The van der Waals surface area contributed by atoms with Crippen molar-refractivity contribution in [2.45, 2.75) is 20.3 Å². The molecule has 0 saturated carbocycles. The number of ether oxygens (including phenoxy) is 2. The Labute approximate surface area is 101 Å². The van der Waals surface area contributed by atoms with Crippen LogP contribution in [0, 0.1) is 18.3 Å². The fourth-order valence-corrected chi connectivity index (χ4v) is 1.62. The summed E-state index contributed by atoms with van der Waals surface area (Å²) >= 11 is 0. The number of hydrogen-bond donors (Lipinski definition) is 0. The van der Waals surface area contributed by atoms with Gasteiger partial charge in [-0.3, -0.25) is 4.79 Å². The Morgan fingerprint density at radius 1 is 1.47 bits per heavy atom. The molecule has 0 aromatic heterocycles. The van der Waals surface area contributed by atoms with E-state index in [1.54, 1.807) is 19.1 Å². The lowest BCUT2D eigenvalue weighted by atomic mass is 10.0. The van der Waals surface area contributed by atoms with Crippen LogP contribution in [-0.4, -0.2) is 19.7 Å². The number of esters is 1. The van der Waals surface area contributed by atoms with Gasteiger partial charge in [0.15, 0.2) is 0 Å². The highest BCUT2D eigenvalue weighted by molar-refractivity contribution is 5.74. The molecule has 1 aromatic carbocycles. The molecular formula is C13H15NO3. The molecule has 0 heterocycles. The van der Waals surface area contributed by atoms with E-state index in [2.05, 4.69) is 6.07 Å². The molecule has 0 aliphatic rings. The number of carbonyl (C=O) groups is 1. The predicted molar refractivity (Wildman–Crippen MR) is 62.8 cm³/mol. The van der Waals surface area contributed by atoms with Crippen LogP contribution >= 0.6 is 0 Å². The van der Waals surface area contributed by atoms with Gasteiger partial charge in [-0.05, 0) is 31.0 Å². The average Bonchev–Trinajstić information content (AvgIpc) is 2.28. The molecule has 0 spiro atoms. The second-order valence-electron chi connectivity index (χ2n) is 3.59. The van der Waals surface area contributed by atoms with Crippen molar-refractivity contribution >= 4 is 5.97 Å². The van der Waals surface area contributed by atoms with E-state index in [9.17, 15) is 4.79 Å². The summed E-state index contributed by atoms with van der Waals surface area (Å²) < 4.78 is 9.99. The predicted octanol–water partition coefficient (Wildman–Crippen LogP) is 1.98. The van der Waals surface area contributed by atoms with Crippen molar-refractivity contribution in [2.75, 3.05) is 13.7 Å². The van der Waals surface area contributed by atoms with Gasteiger partial charge in [-0.2, -0.15) is 5.26 Å². The molecule has 4 nitrogen and oxygen atoms in total. The van der Waals surface area contributed by atoms with E-state index in [1.165, 1.54) is 7.11 Å². The van der Waals surface area contributed by atoms with E-state index in [0.717, 1.165) is 5.56 Å². The molecule has 1 rings (SSSR count). The second-order valence-corrected chi connectivity index (χ2v) is 3.59. The molecular weight excluding hydrogens is 218 g/mol. The van der Waals surface area contributed by atoms with Gasteiger partial charge in [0.25, 0.3) is 0 Å². The first-order valence-corrected chi connectivity index (χ1v) is 5.35. The third kappa shape index (κ3) is 3.22. The summed E-state index contributed by atoms with van der Waals surface area (Å²) in [5, 5.41) is 9.08. The summed E-state index contributed by atoms with van der Waals surface area (Å²) in [7, 11) is 1.50. The number of methoxy groups -OCH3 is 1. The van der Waals surface area contributed by atoms with E-state index in [-0.39, 0.29) is 12.4 Å². The molecule has 4 heteroatoms. The highest BCUT2D eigenvalue weighted by Crippen LogP contribution is 2.24. The molecule has 17 heavy (non-hydrogen) atoms. The average molecular weight is 233 g/mol. The minimum absolute atomic E-state index is 0.0920. The van der Waals surface area contributed by atoms with Crippen LogP contribution < -0.4 is 4.74 Å². The minimum atomic E-state index is -0.336. The first-order valence-electron chi connectivity index (χ1n) is 5.35. The molecule has 0 saturated heterocycles. The number of nitrogens with zero attached hydrogens (tertiary/aromatic N) is 1. The van der Waals surface area contributed by atoms with Crippen molar-refractivity contribution in [3.63, 3.8) is 0 Å². The molecule has 0 atom stereocenters. The van der Waals surface area contributed by atoms with E-state index in [0.29, 0.717) is 23.5 Å². The maximum absolute atomic E-state index is 11.4. The molecule has 0 unspecified atom stereocenters. The lowest BCUT2D eigenvalue weighted by Gasteiger charge is -2.09. The van der Waals surface area contributed by atoms with Crippen LogP contribution in [0.25, 0.3) is 0 Å². The van der Waals surface area contributed by atoms with E-state index < -0.39 is 0 Å². The third-order valence-electron chi connectivity index (χ3n) is 2.30. The smallest absolute Gasteiger partial charge is 0.310 e. The molecule has 0 aliphatic heterocycles. The van der Waals surface area contributed by atoms with Crippen LogP contribution in [0.2, 0.25) is 0 Å². The fourth-order valence-electron chi connectivity index (χ4n) is 1.62. The van der Waals surface area contributed by atoms with Crippen LogP contribution in [0.3, 0.4) is 0 Å². The van der Waals surface area contributed by atoms with Gasteiger partial charge in [0, 0.05) is 0 Å². The zero-order valence-electron chi connectivity index (χ0n) is 10.2. The minimum Gasteiger partial charge on any atom is -0.495 e. The zero-order chi connectivity index (χ0) is 12.8. The first-order chi connectivity index (χ1) is 8.12. The van der Waals surface area contributed by atoms with Crippen LogP contribution in [0.4, 0.5) is 0 Å². The van der Waals surface area contributed by atoms with Crippen LogP contribution in [-0.2, 0) is 16.0 Å². The number of rotatable bonds is 4. The molecule has 0 radical (unpaired) electrons. The Morgan fingerprint density at radius 3 is 2.71 bits per heavy atom. The topological polar surface area (TPSA) is 59.3 Å². The lowest BCUT2D eigenvalue weighted by molar-refractivity contribution is -0.142. The van der Waals surface area contributed by atoms with Gasteiger partial charge in [0.1, 0.15) is 11.8 Å². The second kappa shape index (κ2) is 5.90. The Bertz CT molecular complexity index is 460. The molecule has 90 valence electrons. The number of benzene rings is 1. The Kier molecular flexibility index (Phi) is 4.53. The van der Waals surface area contributed by atoms with Gasteiger partial charge in [0.2, 0.25) is 0 Å². The van der Waals surface area contributed by atoms with Gasteiger partial charge in [-0.1, -0.05) is 6.07 Å². The van der Waals surface area contributed by atoms with Gasteiger partial charge in [-0.15, -0.1) is 0 Å². The van der Waals surface area contributed by atoms with Gasteiger partial charge in [-0.25, -0.2) is 0 Å². The maximum atomic E-state index is 11.4. The largest absolute Gasteiger partial charge is 0.495 e. The first kappa shape index (κ1) is 13.0. The van der Waals surface area contributed by atoms with Crippen LogP contribution in [0.1, 0.15) is 23.6 Å². The summed E-state index contributed by atoms with van der Waals surface area (Å²) in [4.78, 5) is 11.4. The van der Waals surface area contributed by atoms with Crippen LogP contribution in [0.15, 0.2) is 12.1 Å². The van der Waals surface area contributed by atoms with E-state index >= 15 is 0 Å². The monoisotopic (exact) mass is 233 g/mol. The van der Waals surface area contributed by atoms with Crippen molar-refractivity contribution in [3.05, 3.63) is 28.8 Å². The highest BCUT2D eigenvalue weighted by atomic mass is 16.5. The lowest BCUT2D eigenvalue weighted by Crippen LogP contribution is -2.09. The van der Waals surface area contributed by atoms with E-state index in [4.69, 9.17) is 14.7 Å². The number of nitriles is 1. The number of carbonyl (C=O) groups excluding carboxylic acids is 1. The quantitative estimate of drug-likeness (QED) is 0.746. The van der Waals surface area contributed by atoms with Crippen molar-refractivity contribution in [1.82, 2.24) is 0 Å². The standard InChI is InChI=1S/C13H15NO3/c1-4-17-13(15)7-10-5-9(2)6-12(16-3)11(10)8-14/h5-6H,4,7H2,1-3H3. The Morgan fingerprint density at radius 2 is 2.18 bits per heavy atom. The molecule has 0 bridgehead atoms. The summed E-state index contributed by atoms with van der Waals surface area (Å²) in [6, 6.07) is 5.63. The van der Waals surface area contributed by atoms with Crippen molar-refractivity contribution < 1.29 is 14.3 Å². The van der Waals surface area contributed by atoms with Crippen molar-refractivity contribution in [3.8, 4) is 11.8 Å².